The van der Waals surface area contributed by atoms with Crippen LogP contribution in [-0.2, 0) is 15.1 Å². The molecule has 0 bridgehead atoms. The first-order chi connectivity index (χ1) is 6.65. The van der Waals surface area contributed by atoms with Crippen LogP contribution in [0.5, 0.6) is 0 Å². The molecule has 0 unspecified atom stereocenters. The number of hydrogen-bond donors (Lipinski definition) is 0. The highest BCUT2D eigenvalue weighted by atomic mass is 16.6. The fraction of sp³-hybridized carbons (Fsp3) is 0.417. The Morgan fingerprint density at radius 1 is 1.43 bits per heavy atom. The maximum absolute atomic E-state index is 11.1. The summed E-state index contributed by atoms with van der Waals surface area (Å²) in [5.41, 5.74) is 0.787. The summed E-state index contributed by atoms with van der Waals surface area (Å²) in [6, 6.07) is 9.97. The van der Waals surface area contributed by atoms with Gasteiger partial charge in [0.25, 0.3) is 0 Å². The van der Waals surface area contributed by atoms with Crippen LogP contribution in [0.15, 0.2) is 30.3 Å². The highest BCUT2D eigenvalue weighted by Crippen LogP contribution is 2.48. The van der Waals surface area contributed by atoms with Crippen LogP contribution < -0.4 is 0 Å². The van der Waals surface area contributed by atoms with E-state index >= 15 is 0 Å². The molecule has 14 heavy (non-hydrogen) atoms. The second kappa shape index (κ2) is 3.21. The van der Waals surface area contributed by atoms with Gasteiger partial charge in [-0.1, -0.05) is 30.3 Å². The lowest BCUT2D eigenvalue weighted by Crippen LogP contribution is -2.15. The maximum Gasteiger partial charge on any atom is 0.133 e. The molecule has 0 amide bonds. The monoisotopic (exact) mass is 190 g/mol. The van der Waals surface area contributed by atoms with Gasteiger partial charge in [0.15, 0.2) is 0 Å². The van der Waals surface area contributed by atoms with E-state index in [4.69, 9.17) is 4.74 Å². The van der Waals surface area contributed by atoms with Crippen molar-refractivity contribution >= 4 is 5.78 Å². The Hall–Kier alpha value is -1.15. The molecule has 0 spiro atoms. The summed E-state index contributed by atoms with van der Waals surface area (Å²) >= 11 is 0. The molecule has 1 aromatic rings. The van der Waals surface area contributed by atoms with Crippen LogP contribution in [-0.4, -0.2) is 11.9 Å². The molecule has 1 saturated heterocycles. The molecule has 0 saturated carbocycles. The van der Waals surface area contributed by atoms with Gasteiger partial charge in [0, 0.05) is 6.42 Å². The summed E-state index contributed by atoms with van der Waals surface area (Å²) in [7, 11) is 0. The molecular weight excluding hydrogens is 176 g/mol. The van der Waals surface area contributed by atoms with Gasteiger partial charge >= 0.3 is 0 Å². The third-order valence-corrected chi connectivity index (χ3v) is 2.76. The summed E-state index contributed by atoms with van der Waals surface area (Å²) in [5.74, 6) is 0.179. The summed E-state index contributed by atoms with van der Waals surface area (Å²) in [4.78, 5) is 11.1. The molecule has 0 aliphatic carbocycles. The molecule has 0 aromatic heterocycles. The summed E-state index contributed by atoms with van der Waals surface area (Å²) in [5, 5.41) is 0. The number of hydrogen-bond acceptors (Lipinski definition) is 2. The predicted molar refractivity (Wildman–Crippen MR) is 54.0 cm³/mol. The van der Waals surface area contributed by atoms with Crippen LogP contribution in [0.4, 0.5) is 0 Å². The smallest absolute Gasteiger partial charge is 0.133 e. The van der Waals surface area contributed by atoms with E-state index in [2.05, 4.69) is 0 Å². The van der Waals surface area contributed by atoms with Crippen molar-refractivity contribution in [1.29, 1.82) is 0 Å². The molecular formula is C12H14O2. The second-order valence-electron chi connectivity index (χ2n) is 3.89. The zero-order valence-electron chi connectivity index (χ0n) is 8.49. The van der Waals surface area contributed by atoms with Crippen LogP contribution in [0.1, 0.15) is 25.8 Å². The van der Waals surface area contributed by atoms with E-state index in [0.717, 1.165) is 5.56 Å². The first-order valence-corrected chi connectivity index (χ1v) is 4.88. The van der Waals surface area contributed by atoms with Crippen molar-refractivity contribution in [2.24, 2.45) is 0 Å². The number of carbonyl (C=O) groups excluding carboxylic acids is 1. The molecule has 2 rings (SSSR count). The molecule has 1 aromatic carbocycles. The second-order valence-corrected chi connectivity index (χ2v) is 3.89. The average molecular weight is 190 g/mol. The van der Waals surface area contributed by atoms with E-state index in [1.54, 1.807) is 6.92 Å². The lowest BCUT2D eigenvalue weighted by Gasteiger charge is -2.10. The average Bonchev–Trinajstić information content (AvgIpc) is 2.78. The Balaban J connectivity index is 2.27. The van der Waals surface area contributed by atoms with Crippen molar-refractivity contribution in [3.05, 3.63) is 35.9 Å². The third-order valence-electron chi connectivity index (χ3n) is 2.76. The van der Waals surface area contributed by atoms with Gasteiger partial charge in [-0.2, -0.15) is 0 Å². The summed E-state index contributed by atoms with van der Waals surface area (Å²) in [6.07, 6.45) is 0.645. The largest absolute Gasteiger partial charge is 0.361 e. The number of benzene rings is 1. The zero-order chi connectivity index (χ0) is 10.2. The minimum Gasteiger partial charge on any atom is -0.361 e. The van der Waals surface area contributed by atoms with Crippen molar-refractivity contribution in [1.82, 2.24) is 0 Å². The molecule has 1 heterocycles. The topological polar surface area (TPSA) is 29.6 Å². The van der Waals surface area contributed by atoms with Gasteiger partial charge in [-0.15, -0.1) is 0 Å². The van der Waals surface area contributed by atoms with Crippen LogP contribution in [0.2, 0.25) is 0 Å². The highest BCUT2D eigenvalue weighted by molar-refractivity contribution is 5.77. The maximum atomic E-state index is 11.1. The molecule has 74 valence electrons. The molecule has 0 N–H and O–H groups in total. The predicted octanol–water partition coefficient (Wildman–Crippen LogP) is 2.28. The van der Waals surface area contributed by atoms with Gasteiger partial charge in [-0.05, 0) is 19.4 Å². The van der Waals surface area contributed by atoms with Crippen LogP contribution in [0.3, 0.4) is 0 Å². The van der Waals surface area contributed by atoms with Gasteiger partial charge in [0.1, 0.15) is 11.4 Å². The normalized spacial score (nSPS) is 30.0. The van der Waals surface area contributed by atoms with E-state index < -0.39 is 0 Å². The Labute approximate surface area is 83.9 Å². The van der Waals surface area contributed by atoms with Gasteiger partial charge in [-0.25, -0.2) is 0 Å². The molecule has 2 atom stereocenters. The Morgan fingerprint density at radius 2 is 2.00 bits per heavy atom. The summed E-state index contributed by atoms with van der Waals surface area (Å²) in [6.45, 7) is 3.62. The number of ether oxygens (including phenoxy) is 1. The minimum atomic E-state index is -0.326. The van der Waals surface area contributed by atoms with E-state index in [9.17, 15) is 4.79 Å². The van der Waals surface area contributed by atoms with Gasteiger partial charge < -0.3 is 4.74 Å². The minimum absolute atomic E-state index is 0.161. The van der Waals surface area contributed by atoms with Crippen molar-refractivity contribution in [3.63, 3.8) is 0 Å². The molecule has 1 fully saturated rings. The lowest BCUT2D eigenvalue weighted by atomic mass is 9.91. The Bertz CT molecular complexity index is 345. The van der Waals surface area contributed by atoms with E-state index in [0.29, 0.717) is 6.42 Å². The number of epoxide rings is 1. The molecule has 0 radical (unpaired) electrons. The number of rotatable bonds is 3. The van der Waals surface area contributed by atoms with Crippen molar-refractivity contribution in [2.45, 2.75) is 32.0 Å². The zero-order valence-corrected chi connectivity index (χ0v) is 8.49. The highest BCUT2D eigenvalue weighted by Gasteiger charge is 2.55. The standard InChI is InChI=1S/C12H14O2/c1-9(13)8-12(10(2)14-12)11-6-4-3-5-7-11/h3-7,10H,8H2,1-2H3/t10-,12-/m1/s1. The van der Waals surface area contributed by atoms with Crippen LogP contribution in [0.25, 0.3) is 0 Å². The van der Waals surface area contributed by atoms with E-state index in [1.807, 2.05) is 37.3 Å². The summed E-state index contributed by atoms with van der Waals surface area (Å²) < 4.78 is 5.58. The van der Waals surface area contributed by atoms with Crippen molar-refractivity contribution in [2.75, 3.05) is 0 Å². The van der Waals surface area contributed by atoms with E-state index in [1.165, 1.54) is 0 Å². The quantitative estimate of drug-likeness (QED) is 0.684. The third kappa shape index (κ3) is 1.46. The Kier molecular flexibility index (Phi) is 2.16. The first kappa shape index (κ1) is 9.41. The van der Waals surface area contributed by atoms with Crippen molar-refractivity contribution < 1.29 is 9.53 Å². The van der Waals surface area contributed by atoms with Gasteiger partial charge in [0.2, 0.25) is 0 Å². The van der Waals surface area contributed by atoms with Crippen molar-refractivity contribution in [3.8, 4) is 0 Å². The number of carbonyl (C=O) groups is 1. The fourth-order valence-corrected chi connectivity index (χ4v) is 1.96. The first-order valence-electron chi connectivity index (χ1n) is 4.88. The molecule has 1 aliphatic heterocycles. The van der Waals surface area contributed by atoms with Crippen LogP contribution in [0, 0.1) is 0 Å². The Morgan fingerprint density at radius 3 is 2.43 bits per heavy atom. The van der Waals surface area contributed by atoms with Crippen LogP contribution >= 0.6 is 0 Å². The molecule has 1 aliphatic rings. The van der Waals surface area contributed by atoms with Gasteiger partial charge in [-0.3, -0.25) is 4.79 Å². The van der Waals surface area contributed by atoms with Gasteiger partial charge in [0.05, 0.1) is 6.10 Å². The lowest BCUT2D eigenvalue weighted by molar-refractivity contribution is -0.118. The molecule has 2 nitrogen and oxygen atoms in total. The fourth-order valence-electron chi connectivity index (χ4n) is 1.96. The van der Waals surface area contributed by atoms with E-state index in [-0.39, 0.29) is 17.5 Å². The number of ketones is 1. The molecule has 2 heteroatoms. The number of Topliss-reactive ketones (excluding diaryl/α,β-unsaturated/α-hetero) is 1. The SMILES string of the molecule is CC(=O)C[C@@]1(c2ccccc2)O[C@@H]1C.